The third kappa shape index (κ3) is 7.03. The SMILES string of the molecule is CC(C)(C)OC(=O)ON1CCC(Oc2ncnc(Nc3ccc(S(C)(=O)=O)cc3)c2C#N)CC1. The number of hydroxylamine groups is 2. The minimum atomic E-state index is -3.31. The number of carbonyl (C=O) groups is 1. The van der Waals surface area contributed by atoms with Crippen molar-refractivity contribution in [1.82, 2.24) is 15.0 Å². The summed E-state index contributed by atoms with van der Waals surface area (Å²) in [6.07, 6.45) is 2.52. The molecule has 12 heteroatoms. The van der Waals surface area contributed by atoms with E-state index < -0.39 is 21.6 Å². The lowest BCUT2D eigenvalue weighted by molar-refractivity contribution is -0.159. The number of piperidine rings is 1. The van der Waals surface area contributed by atoms with E-state index in [0.717, 1.165) is 6.26 Å². The van der Waals surface area contributed by atoms with E-state index in [-0.39, 0.29) is 28.3 Å². The van der Waals surface area contributed by atoms with Crippen LogP contribution in [-0.2, 0) is 19.4 Å². The second kappa shape index (κ2) is 10.2. The van der Waals surface area contributed by atoms with Gasteiger partial charge in [0.25, 0.3) is 0 Å². The van der Waals surface area contributed by atoms with E-state index in [1.807, 2.05) is 0 Å². The highest BCUT2D eigenvalue weighted by molar-refractivity contribution is 7.90. The molecule has 2 aromatic rings. The Kier molecular flexibility index (Phi) is 7.58. The van der Waals surface area contributed by atoms with Crippen molar-refractivity contribution < 1.29 is 27.5 Å². The van der Waals surface area contributed by atoms with Crippen LogP contribution in [0.15, 0.2) is 35.5 Å². The zero-order valence-corrected chi connectivity index (χ0v) is 20.3. The number of nitrogens with one attached hydrogen (secondary N) is 1. The maximum Gasteiger partial charge on any atom is 0.528 e. The summed E-state index contributed by atoms with van der Waals surface area (Å²) < 4.78 is 34.4. The van der Waals surface area contributed by atoms with Crippen LogP contribution in [0.1, 0.15) is 39.2 Å². The van der Waals surface area contributed by atoms with E-state index in [0.29, 0.717) is 31.6 Å². The van der Waals surface area contributed by atoms with Gasteiger partial charge in [-0.25, -0.2) is 23.2 Å². The molecular weight excluding hydrogens is 462 g/mol. The van der Waals surface area contributed by atoms with Crippen molar-refractivity contribution in [3.8, 4) is 11.9 Å². The van der Waals surface area contributed by atoms with Crippen LogP contribution < -0.4 is 10.1 Å². The summed E-state index contributed by atoms with van der Waals surface area (Å²) in [5, 5.41) is 14.2. The van der Waals surface area contributed by atoms with E-state index in [2.05, 4.69) is 21.4 Å². The highest BCUT2D eigenvalue weighted by Crippen LogP contribution is 2.27. The quantitative estimate of drug-likeness (QED) is 0.597. The normalized spacial score (nSPS) is 15.3. The molecule has 1 aliphatic rings. The lowest BCUT2D eigenvalue weighted by Gasteiger charge is -2.31. The second-order valence-electron chi connectivity index (χ2n) is 8.74. The number of anilines is 2. The molecule has 1 aromatic carbocycles. The maximum atomic E-state index is 11.8. The Morgan fingerprint density at radius 1 is 1.18 bits per heavy atom. The van der Waals surface area contributed by atoms with E-state index in [1.54, 1.807) is 32.9 Å². The van der Waals surface area contributed by atoms with Gasteiger partial charge in [0.05, 0.1) is 4.90 Å². The Labute approximate surface area is 198 Å². The topological polar surface area (TPSA) is 144 Å². The van der Waals surface area contributed by atoms with Crippen molar-refractivity contribution in [3.05, 3.63) is 36.2 Å². The van der Waals surface area contributed by atoms with Crippen LogP contribution in [0.3, 0.4) is 0 Å². The van der Waals surface area contributed by atoms with Gasteiger partial charge in [-0.05, 0) is 45.0 Å². The van der Waals surface area contributed by atoms with Crippen molar-refractivity contribution in [1.29, 1.82) is 5.26 Å². The van der Waals surface area contributed by atoms with Crippen LogP contribution in [0, 0.1) is 11.3 Å². The number of ether oxygens (including phenoxy) is 2. The first-order valence-corrected chi connectivity index (χ1v) is 12.5. The Balaban J connectivity index is 1.62. The standard InChI is InChI=1S/C22H27N5O6S/c1-22(2,3)32-21(28)33-27-11-9-16(10-12-27)31-20-18(13-23)19(24-14-25-20)26-15-5-7-17(8-6-15)34(4,29)30/h5-8,14,16H,9-12H2,1-4H3,(H,24,25,26). The zero-order valence-electron chi connectivity index (χ0n) is 19.4. The Morgan fingerprint density at radius 3 is 2.38 bits per heavy atom. The number of sulfone groups is 1. The number of hydrogen-bond donors (Lipinski definition) is 1. The molecule has 3 rings (SSSR count). The molecular formula is C22H27N5O6S. The van der Waals surface area contributed by atoms with Gasteiger partial charge in [0.2, 0.25) is 5.88 Å². The number of carbonyl (C=O) groups excluding carboxylic acids is 1. The molecule has 0 bridgehead atoms. The predicted octanol–water partition coefficient (Wildman–Crippen LogP) is 3.21. The molecule has 0 unspecified atom stereocenters. The molecule has 0 radical (unpaired) electrons. The smallest absolute Gasteiger partial charge is 0.473 e. The number of rotatable bonds is 6. The molecule has 0 atom stereocenters. The van der Waals surface area contributed by atoms with Crippen molar-refractivity contribution in [2.75, 3.05) is 24.7 Å². The Hall–Kier alpha value is -3.43. The average molecular weight is 490 g/mol. The molecule has 11 nitrogen and oxygen atoms in total. The molecule has 34 heavy (non-hydrogen) atoms. The molecule has 1 aliphatic heterocycles. The van der Waals surface area contributed by atoms with Crippen molar-refractivity contribution in [3.63, 3.8) is 0 Å². The number of benzene rings is 1. The highest BCUT2D eigenvalue weighted by Gasteiger charge is 2.27. The first-order valence-electron chi connectivity index (χ1n) is 10.6. The summed E-state index contributed by atoms with van der Waals surface area (Å²) in [4.78, 5) is 25.5. The average Bonchev–Trinajstić information content (AvgIpc) is 2.74. The fourth-order valence-electron chi connectivity index (χ4n) is 3.15. The summed E-state index contributed by atoms with van der Waals surface area (Å²) in [5.41, 5.74) is 0.0454. The first-order chi connectivity index (χ1) is 15.9. The molecule has 2 heterocycles. The monoisotopic (exact) mass is 489 g/mol. The minimum absolute atomic E-state index is 0.127. The van der Waals surface area contributed by atoms with Crippen molar-refractivity contribution >= 4 is 27.5 Å². The van der Waals surface area contributed by atoms with Crippen LogP contribution >= 0.6 is 0 Å². The Morgan fingerprint density at radius 2 is 1.82 bits per heavy atom. The summed E-state index contributed by atoms with van der Waals surface area (Å²) in [6, 6.07) is 8.16. The number of aromatic nitrogens is 2. The summed E-state index contributed by atoms with van der Waals surface area (Å²) in [6.45, 7) is 6.16. The largest absolute Gasteiger partial charge is 0.528 e. The van der Waals surface area contributed by atoms with Gasteiger partial charge in [-0.3, -0.25) is 0 Å². The lowest BCUT2D eigenvalue weighted by Crippen LogP contribution is -2.40. The van der Waals surface area contributed by atoms with Gasteiger partial charge >= 0.3 is 6.16 Å². The van der Waals surface area contributed by atoms with Crippen LogP contribution in [-0.4, -0.2) is 60.7 Å². The molecule has 0 aliphatic carbocycles. The second-order valence-corrected chi connectivity index (χ2v) is 10.8. The highest BCUT2D eigenvalue weighted by atomic mass is 32.2. The molecule has 1 aromatic heterocycles. The van der Waals surface area contributed by atoms with Gasteiger partial charge in [0, 0.05) is 37.9 Å². The fraction of sp³-hybridized carbons (Fsp3) is 0.455. The van der Waals surface area contributed by atoms with Gasteiger partial charge in [-0.15, -0.1) is 5.06 Å². The molecule has 1 fully saturated rings. The number of nitriles is 1. The molecule has 0 saturated carbocycles. The van der Waals surface area contributed by atoms with Gasteiger partial charge in [-0.2, -0.15) is 5.26 Å². The maximum absolute atomic E-state index is 11.8. The van der Waals surface area contributed by atoms with Gasteiger partial charge in [0.1, 0.15) is 24.1 Å². The predicted molar refractivity (Wildman–Crippen MR) is 122 cm³/mol. The molecule has 0 spiro atoms. The summed E-state index contributed by atoms with van der Waals surface area (Å²) in [5.74, 6) is 0.379. The van der Waals surface area contributed by atoms with Gasteiger partial charge in [0.15, 0.2) is 21.2 Å². The number of nitrogens with zero attached hydrogens (tertiary/aromatic N) is 4. The van der Waals surface area contributed by atoms with Crippen LogP contribution in [0.2, 0.25) is 0 Å². The van der Waals surface area contributed by atoms with Gasteiger partial charge < -0.3 is 19.6 Å². The Bertz CT molecular complexity index is 1160. The van der Waals surface area contributed by atoms with Crippen LogP contribution in [0.4, 0.5) is 16.3 Å². The van der Waals surface area contributed by atoms with E-state index in [1.165, 1.54) is 23.5 Å². The third-order valence-electron chi connectivity index (χ3n) is 4.74. The first kappa shape index (κ1) is 25.2. The minimum Gasteiger partial charge on any atom is -0.473 e. The van der Waals surface area contributed by atoms with Crippen LogP contribution in [0.25, 0.3) is 0 Å². The fourth-order valence-corrected chi connectivity index (χ4v) is 3.78. The van der Waals surface area contributed by atoms with Crippen LogP contribution in [0.5, 0.6) is 5.88 Å². The van der Waals surface area contributed by atoms with E-state index >= 15 is 0 Å². The number of hydrogen-bond acceptors (Lipinski definition) is 11. The third-order valence-corrected chi connectivity index (χ3v) is 5.87. The molecule has 1 saturated heterocycles. The summed E-state index contributed by atoms with van der Waals surface area (Å²) in [7, 11) is -3.31. The molecule has 182 valence electrons. The lowest BCUT2D eigenvalue weighted by atomic mass is 10.1. The van der Waals surface area contributed by atoms with Crippen molar-refractivity contribution in [2.24, 2.45) is 0 Å². The molecule has 1 N–H and O–H groups in total. The van der Waals surface area contributed by atoms with Crippen molar-refractivity contribution in [2.45, 2.75) is 50.2 Å². The zero-order chi connectivity index (χ0) is 24.9. The summed E-state index contributed by atoms with van der Waals surface area (Å²) >= 11 is 0. The van der Waals surface area contributed by atoms with E-state index in [9.17, 15) is 18.5 Å². The van der Waals surface area contributed by atoms with Gasteiger partial charge in [-0.1, -0.05) is 0 Å². The molecule has 0 amide bonds. The van der Waals surface area contributed by atoms with E-state index in [4.69, 9.17) is 14.3 Å².